The molecule has 0 aromatic heterocycles. The van der Waals surface area contributed by atoms with Crippen LogP contribution < -0.4 is 5.32 Å². The van der Waals surface area contributed by atoms with Crippen molar-refractivity contribution in [3.8, 4) is 0 Å². The zero-order chi connectivity index (χ0) is 10.8. The van der Waals surface area contributed by atoms with E-state index in [1.807, 2.05) is 6.07 Å². The third-order valence-corrected chi connectivity index (χ3v) is 3.90. The average molecular weight is 293 g/mol. The molecule has 1 aliphatic heterocycles. The molecule has 1 N–H and O–H groups in total. The summed E-state index contributed by atoms with van der Waals surface area (Å²) in [5.41, 5.74) is 1.02. The first-order valence-electron chi connectivity index (χ1n) is 5.04. The van der Waals surface area contributed by atoms with Crippen molar-refractivity contribution >= 4 is 27.5 Å². The van der Waals surface area contributed by atoms with E-state index in [-0.39, 0.29) is 10.8 Å². The Bertz CT molecular complexity index is 364. The molecule has 1 aromatic rings. The quantitative estimate of drug-likeness (QED) is 0.778. The first-order valence-corrected chi connectivity index (χ1v) is 6.21. The Morgan fingerprint density at radius 1 is 1.47 bits per heavy atom. The van der Waals surface area contributed by atoms with Gasteiger partial charge in [0.15, 0.2) is 5.82 Å². The number of rotatable bonds is 1. The normalized spacial score (nSPS) is 21.7. The van der Waals surface area contributed by atoms with Gasteiger partial charge in [0.2, 0.25) is 0 Å². The minimum Gasteiger partial charge on any atom is -0.316 e. The minimum absolute atomic E-state index is 0.175. The molecule has 1 heterocycles. The Balaban J connectivity index is 2.31. The van der Waals surface area contributed by atoms with Crippen LogP contribution in [0.1, 0.15) is 24.3 Å². The lowest BCUT2D eigenvalue weighted by Crippen LogP contribution is -2.28. The highest BCUT2D eigenvalue weighted by Gasteiger charge is 2.20. The van der Waals surface area contributed by atoms with Crippen LogP contribution in [-0.2, 0) is 0 Å². The molecule has 0 radical (unpaired) electrons. The van der Waals surface area contributed by atoms with E-state index in [0.717, 1.165) is 31.5 Å². The van der Waals surface area contributed by atoms with Gasteiger partial charge in [-0.3, -0.25) is 0 Å². The van der Waals surface area contributed by atoms with Gasteiger partial charge in [0.05, 0.1) is 9.50 Å². The highest BCUT2D eigenvalue weighted by molar-refractivity contribution is 9.10. The predicted octanol–water partition coefficient (Wildman–Crippen LogP) is 3.71. The van der Waals surface area contributed by atoms with Crippen molar-refractivity contribution in [3.63, 3.8) is 0 Å². The van der Waals surface area contributed by atoms with Crippen molar-refractivity contribution in [3.05, 3.63) is 33.0 Å². The number of hydrogen-bond acceptors (Lipinski definition) is 1. The van der Waals surface area contributed by atoms with E-state index in [4.69, 9.17) is 11.6 Å². The topological polar surface area (TPSA) is 12.0 Å². The van der Waals surface area contributed by atoms with Crippen LogP contribution in [0, 0.1) is 5.82 Å². The molecule has 0 saturated carbocycles. The smallest absolute Gasteiger partial charge is 0.156 e. The number of halogens is 3. The van der Waals surface area contributed by atoms with Crippen molar-refractivity contribution in [1.82, 2.24) is 5.32 Å². The Morgan fingerprint density at radius 3 is 2.93 bits per heavy atom. The van der Waals surface area contributed by atoms with Crippen LogP contribution >= 0.6 is 27.5 Å². The molecular formula is C11H12BrClFN. The number of nitrogens with one attached hydrogen (secondary N) is 1. The van der Waals surface area contributed by atoms with Gasteiger partial charge in [-0.2, -0.15) is 0 Å². The largest absolute Gasteiger partial charge is 0.316 e. The SMILES string of the molecule is Fc1c(Cl)ccc(C2CCCNC2)c1Br. The zero-order valence-electron chi connectivity index (χ0n) is 8.19. The maximum atomic E-state index is 13.5. The van der Waals surface area contributed by atoms with Crippen LogP contribution in [0.25, 0.3) is 0 Å². The van der Waals surface area contributed by atoms with E-state index in [1.54, 1.807) is 6.07 Å². The van der Waals surface area contributed by atoms with E-state index in [0.29, 0.717) is 10.4 Å². The molecule has 82 valence electrons. The van der Waals surface area contributed by atoms with Crippen LogP contribution in [-0.4, -0.2) is 13.1 Å². The summed E-state index contributed by atoms with van der Waals surface area (Å²) in [6, 6.07) is 3.54. The Hall–Kier alpha value is -0.120. The summed E-state index contributed by atoms with van der Waals surface area (Å²) in [5.74, 6) is 0.0413. The maximum Gasteiger partial charge on any atom is 0.156 e. The Morgan fingerprint density at radius 2 is 2.27 bits per heavy atom. The molecule has 0 spiro atoms. The fraction of sp³-hybridized carbons (Fsp3) is 0.455. The van der Waals surface area contributed by atoms with Crippen molar-refractivity contribution in [2.45, 2.75) is 18.8 Å². The lowest BCUT2D eigenvalue weighted by molar-refractivity contribution is 0.458. The van der Waals surface area contributed by atoms with Gasteiger partial charge in [0, 0.05) is 6.54 Å². The molecule has 1 fully saturated rings. The zero-order valence-corrected chi connectivity index (χ0v) is 10.5. The fourth-order valence-electron chi connectivity index (χ4n) is 1.97. The second-order valence-electron chi connectivity index (χ2n) is 3.81. The molecule has 1 nitrogen and oxygen atoms in total. The molecule has 1 saturated heterocycles. The molecule has 4 heteroatoms. The summed E-state index contributed by atoms with van der Waals surface area (Å²) in [4.78, 5) is 0. The highest BCUT2D eigenvalue weighted by atomic mass is 79.9. The molecule has 1 aliphatic rings. The van der Waals surface area contributed by atoms with Gasteiger partial charge < -0.3 is 5.32 Å². The number of benzene rings is 1. The van der Waals surface area contributed by atoms with Gasteiger partial charge >= 0.3 is 0 Å². The van der Waals surface area contributed by atoms with E-state index < -0.39 is 0 Å². The molecule has 1 aromatic carbocycles. The van der Waals surface area contributed by atoms with Crippen LogP contribution in [0.15, 0.2) is 16.6 Å². The number of piperidine rings is 1. The first kappa shape index (κ1) is 11.4. The van der Waals surface area contributed by atoms with Crippen LogP contribution in [0.2, 0.25) is 5.02 Å². The van der Waals surface area contributed by atoms with Gasteiger partial charge in [-0.1, -0.05) is 17.7 Å². The van der Waals surface area contributed by atoms with E-state index in [9.17, 15) is 4.39 Å². The average Bonchev–Trinajstić information content (AvgIpc) is 2.27. The molecular weight excluding hydrogens is 280 g/mol. The van der Waals surface area contributed by atoms with Crippen molar-refractivity contribution in [2.24, 2.45) is 0 Å². The molecule has 0 aliphatic carbocycles. The third-order valence-electron chi connectivity index (χ3n) is 2.80. The fourth-order valence-corrected chi connectivity index (χ4v) is 2.91. The molecule has 15 heavy (non-hydrogen) atoms. The van der Waals surface area contributed by atoms with Crippen LogP contribution in [0.3, 0.4) is 0 Å². The standard InChI is InChI=1S/C11H12BrClFN/c12-10-8(3-4-9(13)11(10)14)7-2-1-5-15-6-7/h3-4,7,15H,1-2,5-6H2. The van der Waals surface area contributed by atoms with Crippen LogP contribution in [0.4, 0.5) is 4.39 Å². The first-order chi connectivity index (χ1) is 7.20. The predicted molar refractivity (Wildman–Crippen MR) is 64.0 cm³/mol. The van der Waals surface area contributed by atoms with Crippen molar-refractivity contribution < 1.29 is 4.39 Å². The van der Waals surface area contributed by atoms with Gasteiger partial charge in [-0.15, -0.1) is 0 Å². The molecule has 1 unspecified atom stereocenters. The lowest BCUT2D eigenvalue weighted by Gasteiger charge is -2.24. The van der Waals surface area contributed by atoms with Gasteiger partial charge in [-0.25, -0.2) is 4.39 Å². The Kier molecular flexibility index (Phi) is 3.65. The van der Waals surface area contributed by atoms with E-state index in [2.05, 4.69) is 21.2 Å². The van der Waals surface area contributed by atoms with E-state index >= 15 is 0 Å². The number of hydrogen-bond donors (Lipinski definition) is 1. The van der Waals surface area contributed by atoms with Gasteiger partial charge in [0.25, 0.3) is 0 Å². The summed E-state index contributed by atoms with van der Waals surface area (Å²) in [5, 5.41) is 3.49. The lowest BCUT2D eigenvalue weighted by atomic mass is 9.92. The summed E-state index contributed by atoms with van der Waals surface area (Å²) >= 11 is 8.98. The molecule has 1 atom stereocenters. The monoisotopic (exact) mass is 291 g/mol. The Labute approximate surface area is 102 Å². The van der Waals surface area contributed by atoms with Gasteiger partial charge in [-0.05, 0) is 52.9 Å². The highest BCUT2D eigenvalue weighted by Crippen LogP contribution is 2.34. The third kappa shape index (κ3) is 2.35. The van der Waals surface area contributed by atoms with Crippen molar-refractivity contribution in [1.29, 1.82) is 0 Å². The van der Waals surface area contributed by atoms with Crippen molar-refractivity contribution in [2.75, 3.05) is 13.1 Å². The summed E-state index contributed by atoms with van der Waals surface area (Å²) in [7, 11) is 0. The molecule has 0 amide bonds. The molecule has 2 rings (SSSR count). The summed E-state index contributed by atoms with van der Waals surface area (Å²) in [6.07, 6.45) is 2.24. The van der Waals surface area contributed by atoms with E-state index in [1.165, 1.54) is 0 Å². The van der Waals surface area contributed by atoms with Crippen LogP contribution in [0.5, 0.6) is 0 Å². The maximum absolute atomic E-state index is 13.5. The minimum atomic E-state index is -0.347. The summed E-state index contributed by atoms with van der Waals surface area (Å²) < 4.78 is 14.1. The molecule has 0 bridgehead atoms. The second-order valence-corrected chi connectivity index (χ2v) is 5.01. The summed E-state index contributed by atoms with van der Waals surface area (Å²) in [6.45, 7) is 1.98. The second kappa shape index (κ2) is 4.81. The van der Waals surface area contributed by atoms with Gasteiger partial charge in [0.1, 0.15) is 0 Å².